The van der Waals surface area contributed by atoms with Gasteiger partial charge in [0.1, 0.15) is 18.1 Å². The van der Waals surface area contributed by atoms with Gasteiger partial charge in [-0.15, -0.1) is 0 Å². The lowest BCUT2D eigenvalue weighted by molar-refractivity contribution is -0.124. The van der Waals surface area contributed by atoms with Gasteiger partial charge in [-0.05, 0) is 0 Å². The number of carbonyl (C=O) groups excluding carboxylic acids is 1. The molecular weight excluding hydrogens is 254 g/mol. The zero-order valence-electron chi connectivity index (χ0n) is 10.5. The largest absolute Gasteiger partial charge is 0.506 e. The molecule has 0 radical (unpaired) electrons. The number of ether oxygens (including phenoxy) is 2. The van der Waals surface area contributed by atoms with Gasteiger partial charge in [-0.3, -0.25) is 9.69 Å². The Morgan fingerprint density at radius 3 is 2.26 bits per heavy atom. The molecule has 0 saturated carbocycles. The van der Waals surface area contributed by atoms with E-state index in [4.69, 9.17) is 9.47 Å². The summed E-state index contributed by atoms with van der Waals surface area (Å²) < 4.78 is 10.1. The molecule has 0 aromatic heterocycles. The van der Waals surface area contributed by atoms with Crippen LogP contribution in [-0.2, 0) is 4.79 Å². The monoisotopic (exact) mass is 269 g/mol. The highest BCUT2D eigenvalue weighted by molar-refractivity contribution is 6.00. The molecule has 0 spiro atoms. The Morgan fingerprint density at radius 2 is 1.79 bits per heavy atom. The first-order chi connectivity index (χ1) is 8.99. The van der Waals surface area contributed by atoms with Crippen molar-refractivity contribution in [2.75, 3.05) is 19.1 Å². The molecule has 1 aromatic rings. The zero-order chi connectivity index (χ0) is 14.2. The van der Waals surface area contributed by atoms with Crippen molar-refractivity contribution in [1.29, 1.82) is 0 Å². The molecule has 19 heavy (non-hydrogen) atoms. The number of rotatable bonds is 3. The second kappa shape index (κ2) is 4.94. The summed E-state index contributed by atoms with van der Waals surface area (Å²) in [7, 11) is 2.83. The van der Waals surface area contributed by atoms with Gasteiger partial charge in [0, 0.05) is 18.6 Å². The summed E-state index contributed by atoms with van der Waals surface area (Å²) in [6, 6.07) is 2.65. The quantitative estimate of drug-likeness (QED) is 0.704. The molecule has 1 aliphatic heterocycles. The average molecular weight is 269 g/mol. The Kier molecular flexibility index (Phi) is 3.50. The molecule has 1 fully saturated rings. The number of aliphatic hydroxyl groups is 2. The second-order valence-electron chi connectivity index (χ2n) is 4.14. The van der Waals surface area contributed by atoms with Crippen LogP contribution in [-0.4, -0.2) is 47.8 Å². The molecule has 0 unspecified atom stereocenters. The first-order valence-corrected chi connectivity index (χ1v) is 5.63. The van der Waals surface area contributed by atoms with Gasteiger partial charge >= 0.3 is 0 Å². The molecular formula is C12H15NO6. The Balaban J connectivity index is 2.48. The Labute approximate surface area is 109 Å². The number of phenols is 1. The summed E-state index contributed by atoms with van der Waals surface area (Å²) in [6.45, 7) is 0. The van der Waals surface area contributed by atoms with Crippen LogP contribution in [0.5, 0.6) is 17.2 Å². The van der Waals surface area contributed by atoms with E-state index in [1.54, 1.807) is 0 Å². The highest BCUT2D eigenvalue weighted by Gasteiger charge is 2.39. The fraction of sp³-hybridized carbons (Fsp3) is 0.417. The van der Waals surface area contributed by atoms with Crippen molar-refractivity contribution in [2.24, 2.45) is 0 Å². The Bertz CT molecular complexity index is 503. The van der Waals surface area contributed by atoms with Crippen LogP contribution in [0.25, 0.3) is 0 Å². The molecule has 1 aliphatic rings. The molecule has 1 saturated heterocycles. The Morgan fingerprint density at radius 1 is 1.21 bits per heavy atom. The van der Waals surface area contributed by atoms with E-state index in [-0.39, 0.29) is 17.9 Å². The van der Waals surface area contributed by atoms with Gasteiger partial charge in [0.05, 0.1) is 19.9 Å². The molecule has 7 heteroatoms. The van der Waals surface area contributed by atoms with Gasteiger partial charge in [-0.25, -0.2) is 0 Å². The summed E-state index contributed by atoms with van der Waals surface area (Å²) in [5, 5.41) is 29.1. The van der Waals surface area contributed by atoms with Crippen molar-refractivity contribution >= 4 is 11.6 Å². The van der Waals surface area contributed by atoms with Crippen LogP contribution in [0.15, 0.2) is 12.1 Å². The van der Waals surface area contributed by atoms with Crippen LogP contribution in [0.1, 0.15) is 6.42 Å². The number of phenolic OH excluding ortho intramolecular Hbond substituents is 1. The van der Waals surface area contributed by atoms with Crippen molar-refractivity contribution in [1.82, 2.24) is 0 Å². The van der Waals surface area contributed by atoms with Gasteiger partial charge in [0.15, 0.2) is 11.5 Å². The molecule has 2 rings (SSSR count). The highest BCUT2D eigenvalue weighted by atomic mass is 16.5. The van der Waals surface area contributed by atoms with Crippen molar-refractivity contribution in [3.05, 3.63) is 12.1 Å². The van der Waals surface area contributed by atoms with Crippen molar-refractivity contribution in [3.63, 3.8) is 0 Å². The maximum Gasteiger partial charge on any atom is 0.258 e. The fourth-order valence-electron chi connectivity index (χ4n) is 2.04. The van der Waals surface area contributed by atoms with E-state index in [1.807, 2.05) is 0 Å². The number of anilines is 1. The topological polar surface area (TPSA) is 99.5 Å². The van der Waals surface area contributed by atoms with Gasteiger partial charge in [0.2, 0.25) is 0 Å². The van der Waals surface area contributed by atoms with E-state index in [0.29, 0.717) is 11.5 Å². The number of methoxy groups -OCH3 is 2. The number of carbonyl (C=O) groups is 1. The normalized spacial score (nSPS) is 22.7. The predicted octanol–water partition coefficient (Wildman–Crippen LogP) is -0.175. The van der Waals surface area contributed by atoms with E-state index < -0.39 is 18.2 Å². The van der Waals surface area contributed by atoms with Gasteiger partial charge in [-0.1, -0.05) is 0 Å². The molecule has 0 bridgehead atoms. The average Bonchev–Trinajstić information content (AvgIpc) is 2.63. The first-order valence-electron chi connectivity index (χ1n) is 5.63. The highest BCUT2D eigenvalue weighted by Crippen LogP contribution is 2.41. The minimum atomic E-state index is -1.28. The Hall–Kier alpha value is -1.99. The molecule has 2 atom stereocenters. The van der Waals surface area contributed by atoms with Crippen LogP contribution in [0.2, 0.25) is 0 Å². The lowest BCUT2D eigenvalue weighted by atomic mass is 10.2. The summed E-state index contributed by atoms with van der Waals surface area (Å²) in [5.41, 5.74) is 0.0618. The summed E-state index contributed by atoms with van der Waals surface area (Å²) in [6.07, 6.45) is -2.57. The van der Waals surface area contributed by atoms with Crippen LogP contribution >= 0.6 is 0 Å². The minimum absolute atomic E-state index is 0.0618. The number of benzene rings is 1. The predicted molar refractivity (Wildman–Crippen MR) is 65.3 cm³/mol. The first kappa shape index (κ1) is 13.4. The maximum atomic E-state index is 11.8. The van der Waals surface area contributed by atoms with E-state index in [1.165, 1.54) is 26.4 Å². The molecule has 1 amide bonds. The lowest BCUT2D eigenvalue weighted by Crippen LogP contribution is -2.34. The van der Waals surface area contributed by atoms with E-state index in [2.05, 4.69) is 0 Å². The molecule has 0 aliphatic carbocycles. The van der Waals surface area contributed by atoms with E-state index in [9.17, 15) is 20.1 Å². The maximum absolute atomic E-state index is 11.8. The van der Waals surface area contributed by atoms with Crippen LogP contribution in [0.4, 0.5) is 5.69 Å². The van der Waals surface area contributed by atoms with Crippen molar-refractivity contribution < 1.29 is 29.6 Å². The lowest BCUT2D eigenvalue weighted by Gasteiger charge is -2.22. The summed E-state index contributed by atoms with van der Waals surface area (Å²) in [5.74, 6) is -0.323. The zero-order valence-corrected chi connectivity index (χ0v) is 10.5. The van der Waals surface area contributed by atoms with Crippen LogP contribution in [0, 0.1) is 0 Å². The number of aliphatic hydroxyl groups excluding tert-OH is 2. The molecule has 3 N–H and O–H groups in total. The third kappa shape index (κ3) is 2.18. The second-order valence-corrected chi connectivity index (χ2v) is 4.14. The smallest absolute Gasteiger partial charge is 0.258 e. The third-order valence-electron chi connectivity index (χ3n) is 2.99. The van der Waals surface area contributed by atoms with E-state index >= 15 is 0 Å². The van der Waals surface area contributed by atoms with Gasteiger partial charge in [-0.2, -0.15) is 0 Å². The fourth-order valence-corrected chi connectivity index (χ4v) is 2.04. The van der Waals surface area contributed by atoms with Crippen molar-refractivity contribution in [3.8, 4) is 17.2 Å². The number of nitrogens with zero attached hydrogens (tertiary/aromatic N) is 1. The summed E-state index contributed by atoms with van der Waals surface area (Å²) in [4.78, 5) is 12.7. The SMILES string of the molecule is COc1cc(O)c(N2C(=O)[C@@H](O)C[C@H]2O)cc1OC. The third-order valence-corrected chi connectivity index (χ3v) is 2.99. The van der Waals surface area contributed by atoms with Crippen molar-refractivity contribution in [2.45, 2.75) is 18.8 Å². The molecule has 1 aromatic carbocycles. The number of amides is 1. The number of hydrogen-bond donors (Lipinski definition) is 3. The molecule has 7 nitrogen and oxygen atoms in total. The van der Waals surface area contributed by atoms with Gasteiger partial charge < -0.3 is 24.8 Å². The molecule has 1 heterocycles. The van der Waals surface area contributed by atoms with E-state index in [0.717, 1.165) is 4.90 Å². The van der Waals surface area contributed by atoms with Crippen LogP contribution in [0.3, 0.4) is 0 Å². The summed E-state index contributed by atoms with van der Waals surface area (Å²) >= 11 is 0. The molecule has 104 valence electrons. The standard InChI is InChI=1S/C12H15NO6/c1-18-9-3-6(7(14)4-10(9)19-2)13-11(16)5-8(15)12(13)17/h3-4,8,11,14-16H,5H2,1-2H3/t8-,11+/m0/s1. The number of aromatic hydroxyl groups is 1. The van der Waals surface area contributed by atoms with Gasteiger partial charge in [0.25, 0.3) is 5.91 Å². The number of hydrogen-bond acceptors (Lipinski definition) is 6. The van der Waals surface area contributed by atoms with Crippen LogP contribution < -0.4 is 14.4 Å². The minimum Gasteiger partial charge on any atom is -0.506 e.